The molecule has 2 aliphatic carbocycles. The Labute approximate surface area is 185 Å². The lowest BCUT2D eigenvalue weighted by Gasteiger charge is -2.53. The Bertz CT molecular complexity index is 824. The van der Waals surface area contributed by atoms with Crippen LogP contribution in [0.1, 0.15) is 47.0 Å². The molecule has 0 saturated carbocycles. The predicted molar refractivity (Wildman–Crippen MR) is 119 cm³/mol. The van der Waals surface area contributed by atoms with Crippen LogP contribution in [0.3, 0.4) is 0 Å². The molecular weight excluding hydrogens is 392 g/mol. The Morgan fingerprint density at radius 1 is 1.29 bits per heavy atom. The van der Waals surface area contributed by atoms with Gasteiger partial charge in [0.25, 0.3) is 0 Å². The maximum atomic E-state index is 11.7. The summed E-state index contributed by atoms with van der Waals surface area (Å²) in [6.07, 6.45) is 12.5. The van der Waals surface area contributed by atoms with E-state index in [1.54, 1.807) is 6.08 Å². The van der Waals surface area contributed by atoms with E-state index in [4.69, 9.17) is 14.6 Å². The first kappa shape index (κ1) is 22.5. The summed E-state index contributed by atoms with van der Waals surface area (Å²) in [4.78, 5) is 10.8. The van der Waals surface area contributed by atoms with Crippen molar-refractivity contribution in [3.63, 3.8) is 0 Å². The summed E-state index contributed by atoms with van der Waals surface area (Å²) in [5.41, 5.74) is 2.23. The van der Waals surface area contributed by atoms with Crippen LogP contribution in [0.2, 0.25) is 0 Å². The number of rotatable bonds is 3. The van der Waals surface area contributed by atoms with Crippen molar-refractivity contribution >= 4 is 5.97 Å². The van der Waals surface area contributed by atoms with Crippen LogP contribution < -0.4 is 0 Å². The van der Waals surface area contributed by atoms with Gasteiger partial charge < -0.3 is 19.7 Å². The predicted octanol–water partition coefficient (Wildman–Crippen LogP) is 4.29. The van der Waals surface area contributed by atoms with Gasteiger partial charge in [-0.1, -0.05) is 48.5 Å². The molecule has 0 aromatic carbocycles. The molecule has 5 heteroatoms. The Kier molecular flexibility index (Phi) is 6.30. The minimum absolute atomic E-state index is 0.0257. The van der Waals surface area contributed by atoms with Crippen molar-refractivity contribution < 1.29 is 24.5 Å². The maximum absolute atomic E-state index is 11.7. The molecule has 4 rings (SSSR count). The number of hydrogen-bond donors (Lipinski definition) is 2. The molecule has 2 saturated heterocycles. The van der Waals surface area contributed by atoms with Gasteiger partial charge in [0.1, 0.15) is 6.10 Å². The number of allylic oxidation sites excluding steroid dienone is 5. The second-order valence-electron chi connectivity index (χ2n) is 10.2. The summed E-state index contributed by atoms with van der Waals surface area (Å²) >= 11 is 0. The smallest absolute Gasteiger partial charge is 0.328 e. The lowest BCUT2D eigenvalue weighted by molar-refractivity contribution is -0.208. The molecule has 0 spiro atoms. The summed E-state index contributed by atoms with van der Waals surface area (Å²) in [7, 11) is 0. The molecule has 0 amide bonds. The summed E-state index contributed by atoms with van der Waals surface area (Å²) in [6, 6.07) is 0. The number of carboxylic acid groups (broad SMARTS) is 1. The summed E-state index contributed by atoms with van der Waals surface area (Å²) in [5.74, 6) is 0.217. The van der Waals surface area contributed by atoms with E-state index in [9.17, 15) is 9.90 Å². The molecule has 170 valence electrons. The van der Waals surface area contributed by atoms with Crippen LogP contribution in [-0.2, 0) is 14.3 Å². The second-order valence-corrected chi connectivity index (χ2v) is 10.2. The fourth-order valence-electron chi connectivity index (χ4n) is 6.76. The molecule has 31 heavy (non-hydrogen) atoms. The monoisotopic (exact) mass is 428 g/mol. The van der Waals surface area contributed by atoms with Gasteiger partial charge >= 0.3 is 5.97 Å². The molecular formula is C26H36O5. The van der Waals surface area contributed by atoms with Gasteiger partial charge in [-0.2, -0.15) is 0 Å². The zero-order valence-corrected chi connectivity index (χ0v) is 19.0. The third kappa shape index (κ3) is 4.08. The Balaban J connectivity index is 1.77. The minimum atomic E-state index is -0.992. The zero-order chi connectivity index (χ0) is 22.3. The van der Waals surface area contributed by atoms with Crippen LogP contribution in [0.5, 0.6) is 0 Å². The minimum Gasteiger partial charge on any atom is -0.478 e. The largest absolute Gasteiger partial charge is 0.478 e. The molecule has 2 fully saturated rings. The van der Waals surface area contributed by atoms with Crippen LogP contribution in [0.15, 0.2) is 47.6 Å². The van der Waals surface area contributed by atoms with Gasteiger partial charge in [0.2, 0.25) is 0 Å². The van der Waals surface area contributed by atoms with E-state index < -0.39 is 23.8 Å². The quantitative estimate of drug-likeness (QED) is 0.398. The lowest BCUT2D eigenvalue weighted by Crippen LogP contribution is -2.58. The number of carboxylic acids is 1. The summed E-state index contributed by atoms with van der Waals surface area (Å²) in [5, 5.41) is 20.6. The highest BCUT2D eigenvalue weighted by Gasteiger charge is 2.59. The number of fused-ring (bicyclic) bond motifs is 5. The average molecular weight is 429 g/mol. The number of carbonyl (C=O) groups is 1. The van der Waals surface area contributed by atoms with Gasteiger partial charge in [-0.15, -0.1) is 0 Å². The van der Waals surface area contributed by atoms with E-state index in [1.807, 2.05) is 6.08 Å². The molecule has 2 heterocycles. The average Bonchev–Trinajstić information content (AvgIpc) is 2.79. The van der Waals surface area contributed by atoms with Crippen LogP contribution in [0.25, 0.3) is 0 Å². The standard InChI is InChI=1S/C26H36O5/c1-15-9-10-19-18(13-15)14-17(3)23-22(19)24(29)20(7-5-6-8-21(27)28)31-25-16(2)11-12-30-26(23,25)4/h5-9,14,16,18-20,22-25,29H,10-13H2,1-4H3,(H,27,28)/b7-5+,8-6?/t16-,18+,19-,20-,22+,23-,24-,25-,26+/m1/s1. The SMILES string of the molecule is CC1=CC[C@H]2[C@@H]3[C@H](O)[C@@H](/C=C/C=CC(=O)O)O[C@@H]4[C@H](C)CCO[C@@]4(C)[C@@H]3C(C)=C[C@@H]2C1. The normalized spacial score (nSPS) is 45.3. The number of hydrogen-bond acceptors (Lipinski definition) is 4. The van der Waals surface area contributed by atoms with Gasteiger partial charge in [0.15, 0.2) is 0 Å². The summed E-state index contributed by atoms with van der Waals surface area (Å²) < 4.78 is 13.1. The first-order valence-electron chi connectivity index (χ1n) is 11.6. The molecule has 2 aliphatic heterocycles. The van der Waals surface area contributed by atoms with Crippen LogP contribution >= 0.6 is 0 Å². The van der Waals surface area contributed by atoms with Crippen molar-refractivity contribution in [2.75, 3.05) is 6.61 Å². The van der Waals surface area contributed by atoms with Crippen LogP contribution in [0, 0.1) is 29.6 Å². The third-order valence-electron chi connectivity index (χ3n) is 8.06. The number of aliphatic hydroxyl groups is 1. The van der Waals surface area contributed by atoms with Gasteiger partial charge in [-0.3, -0.25) is 0 Å². The Morgan fingerprint density at radius 2 is 2.06 bits per heavy atom. The first-order valence-corrected chi connectivity index (χ1v) is 11.6. The molecule has 0 unspecified atom stereocenters. The fourth-order valence-corrected chi connectivity index (χ4v) is 6.76. The number of aliphatic carboxylic acids is 1. The molecule has 5 nitrogen and oxygen atoms in total. The third-order valence-corrected chi connectivity index (χ3v) is 8.06. The van der Waals surface area contributed by atoms with Crippen molar-refractivity contribution in [3.8, 4) is 0 Å². The molecule has 2 N–H and O–H groups in total. The molecule has 0 bridgehead atoms. The zero-order valence-electron chi connectivity index (χ0n) is 19.0. The highest BCUT2D eigenvalue weighted by molar-refractivity contribution is 5.80. The van der Waals surface area contributed by atoms with Crippen molar-refractivity contribution in [1.82, 2.24) is 0 Å². The second kappa shape index (κ2) is 8.68. The van der Waals surface area contributed by atoms with Crippen LogP contribution in [-0.4, -0.2) is 46.7 Å². The van der Waals surface area contributed by atoms with Crippen molar-refractivity contribution in [3.05, 3.63) is 47.6 Å². The highest BCUT2D eigenvalue weighted by atomic mass is 16.6. The molecule has 0 aromatic heterocycles. The van der Waals surface area contributed by atoms with Gasteiger partial charge in [0, 0.05) is 24.5 Å². The van der Waals surface area contributed by atoms with Gasteiger partial charge in [-0.05, 0) is 57.8 Å². The van der Waals surface area contributed by atoms with E-state index in [0.29, 0.717) is 24.4 Å². The van der Waals surface area contributed by atoms with E-state index in [-0.39, 0.29) is 17.9 Å². The van der Waals surface area contributed by atoms with Crippen molar-refractivity contribution in [2.45, 2.75) is 70.9 Å². The molecule has 0 radical (unpaired) electrons. The Hall–Kier alpha value is -1.69. The number of aliphatic hydroxyl groups excluding tert-OH is 1. The van der Waals surface area contributed by atoms with E-state index in [2.05, 4.69) is 39.8 Å². The van der Waals surface area contributed by atoms with Crippen molar-refractivity contribution in [2.24, 2.45) is 29.6 Å². The van der Waals surface area contributed by atoms with Crippen LogP contribution in [0.4, 0.5) is 0 Å². The Morgan fingerprint density at radius 3 is 2.81 bits per heavy atom. The highest BCUT2D eigenvalue weighted by Crippen LogP contribution is 2.55. The molecule has 4 aliphatic rings. The van der Waals surface area contributed by atoms with Crippen molar-refractivity contribution in [1.29, 1.82) is 0 Å². The van der Waals surface area contributed by atoms with Gasteiger partial charge in [-0.25, -0.2) is 4.79 Å². The van der Waals surface area contributed by atoms with E-state index >= 15 is 0 Å². The molecule has 9 atom stereocenters. The van der Waals surface area contributed by atoms with Gasteiger partial charge in [0.05, 0.1) is 17.8 Å². The maximum Gasteiger partial charge on any atom is 0.328 e. The topological polar surface area (TPSA) is 76.0 Å². The molecule has 0 aromatic rings. The fraction of sp³-hybridized carbons (Fsp3) is 0.654. The van der Waals surface area contributed by atoms with E-state index in [0.717, 1.165) is 25.3 Å². The lowest BCUT2D eigenvalue weighted by atomic mass is 9.56. The first-order chi connectivity index (χ1) is 14.7. The van der Waals surface area contributed by atoms with E-state index in [1.165, 1.54) is 17.2 Å². The summed E-state index contributed by atoms with van der Waals surface area (Å²) in [6.45, 7) is 9.49. The number of ether oxygens (including phenoxy) is 2.